The average molecular weight is 435 g/mol. The smallest absolute Gasteiger partial charge is 0.405 e. The van der Waals surface area contributed by atoms with Gasteiger partial charge in [0.1, 0.15) is 5.75 Å². The number of nitrogens with one attached hydrogen (secondary N) is 1. The zero-order valence-electron chi connectivity index (χ0n) is 13.1. The molecule has 2 rings (SSSR count). The van der Waals surface area contributed by atoms with E-state index in [1.807, 2.05) is 0 Å². The normalized spacial score (nSPS) is 18.2. The van der Waals surface area contributed by atoms with Crippen molar-refractivity contribution in [2.75, 3.05) is 26.2 Å². The second-order valence-electron chi connectivity index (χ2n) is 5.69. The summed E-state index contributed by atoms with van der Waals surface area (Å²) in [6.45, 7) is 2.01. The molecule has 3 nitrogen and oxygen atoms in total. The Morgan fingerprint density at radius 1 is 1.12 bits per heavy atom. The molecular weight excluding hydrogens is 418 g/mol. The van der Waals surface area contributed by atoms with Crippen LogP contribution in [0.5, 0.6) is 5.75 Å². The predicted octanol–water partition coefficient (Wildman–Crippen LogP) is 4.64. The van der Waals surface area contributed by atoms with Gasteiger partial charge in [0.15, 0.2) is 0 Å². The van der Waals surface area contributed by atoms with E-state index in [1.165, 1.54) is 12.1 Å². The van der Waals surface area contributed by atoms with E-state index >= 15 is 0 Å². The van der Waals surface area contributed by atoms with Crippen LogP contribution in [-0.4, -0.2) is 43.6 Å². The van der Waals surface area contributed by atoms with Crippen molar-refractivity contribution in [2.45, 2.75) is 31.4 Å². The second-order valence-corrected chi connectivity index (χ2v) is 6.60. The Kier molecular flexibility index (Phi) is 6.61. The van der Waals surface area contributed by atoms with Crippen molar-refractivity contribution in [3.63, 3.8) is 0 Å². The van der Waals surface area contributed by atoms with Gasteiger partial charge in [0.2, 0.25) is 0 Å². The van der Waals surface area contributed by atoms with E-state index in [0.717, 1.165) is 6.07 Å². The largest absolute Gasteiger partial charge is 0.573 e. The summed E-state index contributed by atoms with van der Waals surface area (Å²) in [4.78, 5) is 1.76. The molecule has 0 bridgehead atoms. The minimum Gasteiger partial charge on any atom is -0.405 e. The molecule has 1 fully saturated rings. The molecule has 0 amide bonds. The van der Waals surface area contributed by atoms with Gasteiger partial charge in [0.25, 0.3) is 0 Å². The number of hydrogen-bond acceptors (Lipinski definition) is 3. The first kappa shape index (κ1) is 20.3. The van der Waals surface area contributed by atoms with E-state index in [0.29, 0.717) is 30.7 Å². The molecule has 0 spiro atoms. The summed E-state index contributed by atoms with van der Waals surface area (Å²) < 4.78 is 80.6. The maximum Gasteiger partial charge on any atom is 0.573 e. The van der Waals surface area contributed by atoms with Gasteiger partial charge in [-0.3, -0.25) is 4.90 Å². The van der Waals surface area contributed by atoms with E-state index in [9.17, 15) is 26.3 Å². The highest BCUT2D eigenvalue weighted by Gasteiger charge is 2.36. The van der Waals surface area contributed by atoms with E-state index < -0.39 is 30.8 Å². The maximum atomic E-state index is 12.7. The van der Waals surface area contributed by atoms with Gasteiger partial charge in [0.05, 0.1) is 0 Å². The van der Waals surface area contributed by atoms with Gasteiger partial charge in [-0.2, -0.15) is 13.2 Å². The number of alkyl halides is 6. The molecule has 25 heavy (non-hydrogen) atoms. The lowest BCUT2D eigenvalue weighted by Crippen LogP contribution is -2.45. The van der Waals surface area contributed by atoms with Crippen molar-refractivity contribution in [3.8, 4) is 5.75 Å². The van der Waals surface area contributed by atoms with Crippen molar-refractivity contribution in [1.29, 1.82) is 0 Å². The molecule has 0 aromatic heterocycles. The first-order chi connectivity index (χ1) is 11.6. The fourth-order valence-electron chi connectivity index (χ4n) is 2.83. The Balaban J connectivity index is 2.35. The van der Waals surface area contributed by atoms with Crippen LogP contribution in [0.3, 0.4) is 0 Å². The Labute approximate surface area is 149 Å². The van der Waals surface area contributed by atoms with Crippen LogP contribution in [0, 0.1) is 0 Å². The van der Waals surface area contributed by atoms with Gasteiger partial charge in [-0.05, 0) is 24.6 Å². The zero-order valence-corrected chi connectivity index (χ0v) is 14.6. The molecule has 0 unspecified atom stereocenters. The third-order valence-electron chi connectivity index (χ3n) is 3.85. The zero-order chi connectivity index (χ0) is 18.7. The minimum absolute atomic E-state index is 0.0952. The molecular formula is C15H17BrF6N2O. The van der Waals surface area contributed by atoms with Crippen molar-refractivity contribution in [3.05, 3.63) is 28.2 Å². The van der Waals surface area contributed by atoms with E-state index in [-0.39, 0.29) is 12.0 Å². The maximum absolute atomic E-state index is 12.7. The van der Waals surface area contributed by atoms with Crippen molar-refractivity contribution in [1.82, 2.24) is 10.2 Å². The highest BCUT2D eigenvalue weighted by molar-refractivity contribution is 9.10. The number of piperazine rings is 1. The molecule has 1 aromatic carbocycles. The van der Waals surface area contributed by atoms with Crippen LogP contribution >= 0.6 is 15.9 Å². The molecule has 0 aliphatic carbocycles. The Hall–Kier alpha value is -1.00. The number of nitrogens with zero attached hydrogens (tertiary/aromatic N) is 1. The Bertz CT molecular complexity index is 572. The Morgan fingerprint density at radius 3 is 2.32 bits per heavy atom. The fraction of sp³-hybridized carbons (Fsp3) is 0.600. The van der Waals surface area contributed by atoms with E-state index in [4.69, 9.17) is 0 Å². The minimum atomic E-state index is -4.92. The Morgan fingerprint density at radius 2 is 1.76 bits per heavy atom. The number of hydrogen-bond donors (Lipinski definition) is 1. The fourth-order valence-corrected chi connectivity index (χ4v) is 3.21. The van der Waals surface area contributed by atoms with Crippen LogP contribution in [0.1, 0.15) is 24.4 Å². The molecule has 1 N–H and O–H groups in total. The van der Waals surface area contributed by atoms with Crippen LogP contribution in [0.25, 0.3) is 0 Å². The second kappa shape index (κ2) is 8.13. The molecule has 142 valence electrons. The van der Waals surface area contributed by atoms with Gasteiger partial charge in [-0.1, -0.05) is 15.9 Å². The van der Waals surface area contributed by atoms with Crippen molar-refractivity contribution in [2.24, 2.45) is 0 Å². The number of halogens is 7. The summed E-state index contributed by atoms with van der Waals surface area (Å²) in [6.07, 6.45) is -10.7. The van der Waals surface area contributed by atoms with Gasteiger partial charge in [-0.25, -0.2) is 0 Å². The van der Waals surface area contributed by atoms with Gasteiger partial charge in [0, 0.05) is 48.7 Å². The topological polar surface area (TPSA) is 24.5 Å². The van der Waals surface area contributed by atoms with Crippen LogP contribution in [0.15, 0.2) is 22.7 Å². The molecule has 1 saturated heterocycles. The van der Waals surface area contributed by atoms with Crippen LogP contribution < -0.4 is 10.1 Å². The van der Waals surface area contributed by atoms with Crippen LogP contribution in [0.2, 0.25) is 0 Å². The lowest BCUT2D eigenvalue weighted by atomic mass is 9.98. The summed E-state index contributed by atoms with van der Waals surface area (Å²) in [7, 11) is 0. The quantitative estimate of drug-likeness (QED) is 0.683. The SMILES string of the molecule is FC(F)(F)CC[C@H](c1cc(Br)ccc1OC(F)(F)F)N1CCNCC1. The first-order valence-electron chi connectivity index (χ1n) is 7.62. The van der Waals surface area contributed by atoms with Crippen molar-refractivity contribution < 1.29 is 31.1 Å². The van der Waals surface area contributed by atoms with Crippen LogP contribution in [-0.2, 0) is 0 Å². The molecule has 1 aliphatic rings. The molecule has 1 aromatic rings. The van der Waals surface area contributed by atoms with Gasteiger partial charge >= 0.3 is 12.5 Å². The summed E-state index contributed by atoms with van der Waals surface area (Å²) in [5, 5.41) is 3.07. The summed E-state index contributed by atoms with van der Waals surface area (Å²) in [5.74, 6) is -0.471. The molecule has 0 radical (unpaired) electrons. The molecule has 10 heteroatoms. The van der Waals surface area contributed by atoms with E-state index in [1.54, 1.807) is 4.90 Å². The average Bonchev–Trinajstić information content (AvgIpc) is 2.49. The summed E-state index contributed by atoms with van der Waals surface area (Å²) >= 11 is 3.17. The molecule has 1 heterocycles. The number of benzene rings is 1. The molecule has 1 atom stereocenters. The van der Waals surface area contributed by atoms with Gasteiger partial charge < -0.3 is 10.1 Å². The lowest BCUT2D eigenvalue weighted by Gasteiger charge is -2.36. The monoisotopic (exact) mass is 434 g/mol. The number of ether oxygens (including phenoxy) is 1. The summed E-state index contributed by atoms with van der Waals surface area (Å²) in [6, 6.07) is 3.06. The lowest BCUT2D eigenvalue weighted by molar-refractivity contribution is -0.275. The summed E-state index contributed by atoms with van der Waals surface area (Å²) in [5.41, 5.74) is 0.0952. The molecule has 1 aliphatic heterocycles. The van der Waals surface area contributed by atoms with Gasteiger partial charge in [-0.15, -0.1) is 13.2 Å². The highest BCUT2D eigenvalue weighted by Crippen LogP contribution is 2.39. The highest BCUT2D eigenvalue weighted by atomic mass is 79.9. The standard InChI is InChI=1S/C15H17BrF6N2O/c16-10-1-2-13(25-15(20,21)22)11(9-10)12(3-4-14(17,18)19)24-7-5-23-6-8-24/h1-2,9,12,23H,3-8H2/t12-/m1/s1. The van der Waals surface area contributed by atoms with E-state index in [2.05, 4.69) is 26.0 Å². The van der Waals surface area contributed by atoms with Crippen LogP contribution in [0.4, 0.5) is 26.3 Å². The third kappa shape index (κ3) is 6.67. The number of rotatable bonds is 5. The third-order valence-corrected chi connectivity index (χ3v) is 4.34. The van der Waals surface area contributed by atoms with Crippen molar-refractivity contribution >= 4 is 15.9 Å². The first-order valence-corrected chi connectivity index (χ1v) is 8.41. The molecule has 0 saturated carbocycles. The predicted molar refractivity (Wildman–Crippen MR) is 83.3 cm³/mol.